The maximum absolute atomic E-state index is 5.30. The second-order valence-corrected chi connectivity index (χ2v) is 8.08. The van der Waals surface area contributed by atoms with E-state index < -0.39 is 0 Å². The van der Waals surface area contributed by atoms with Crippen molar-refractivity contribution in [2.45, 2.75) is 24.9 Å². The van der Waals surface area contributed by atoms with Gasteiger partial charge in [0.15, 0.2) is 0 Å². The molecule has 4 rings (SSSR count). The summed E-state index contributed by atoms with van der Waals surface area (Å²) in [6.45, 7) is 2.22. The first kappa shape index (κ1) is 17.3. The molecule has 3 atom stereocenters. The zero-order valence-corrected chi connectivity index (χ0v) is 16.7. The summed E-state index contributed by atoms with van der Waals surface area (Å²) >= 11 is 0.0616. The van der Waals surface area contributed by atoms with Crippen LogP contribution in [-0.4, -0.2) is 38.1 Å². The minimum atomic E-state index is 0.0616. The second kappa shape index (κ2) is 7.23. The second-order valence-electron chi connectivity index (χ2n) is 6.43. The van der Waals surface area contributed by atoms with Crippen molar-refractivity contribution in [1.29, 1.82) is 0 Å². The van der Waals surface area contributed by atoms with Gasteiger partial charge < -0.3 is 0 Å². The van der Waals surface area contributed by atoms with Crippen molar-refractivity contribution in [3.8, 4) is 11.5 Å². The van der Waals surface area contributed by atoms with Crippen molar-refractivity contribution in [2.75, 3.05) is 14.2 Å². The number of methoxy groups -OCH3 is 2. The van der Waals surface area contributed by atoms with Crippen LogP contribution in [0.5, 0.6) is 11.5 Å². The summed E-state index contributed by atoms with van der Waals surface area (Å²) < 4.78 is 16.3. The van der Waals surface area contributed by atoms with E-state index in [1.807, 2.05) is 24.3 Å². The SMILES string of the molecule is COc1ccc(C2NC(c3ccc(OC)cc3)C(C)c3nn[se]c32)cc1. The fourth-order valence-corrected chi connectivity index (χ4v) is 5.29. The first-order valence-electron chi connectivity index (χ1n) is 8.57. The number of hydrogen-bond acceptors (Lipinski definition) is 5. The predicted molar refractivity (Wildman–Crippen MR) is 101 cm³/mol. The molecule has 0 saturated carbocycles. The molecule has 0 aliphatic carbocycles. The van der Waals surface area contributed by atoms with E-state index in [0.29, 0.717) is 0 Å². The Morgan fingerprint density at radius 3 is 2.04 bits per heavy atom. The van der Waals surface area contributed by atoms with Crippen LogP contribution in [0.3, 0.4) is 0 Å². The molecule has 1 aromatic heterocycles. The fraction of sp³-hybridized carbons (Fsp3) is 0.300. The van der Waals surface area contributed by atoms with Crippen molar-refractivity contribution >= 4 is 14.7 Å². The van der Waals surface area contributed by atoms with E-state index in [-0.39, 0.29) is 32.7 Å². The van der Waals surface area contributed by atoms with Gasteiger partial charge in [0.2, 0.25) is 0 Å². The Bertz CT molecular complexity index is 877. The molecule has 0 fully saturated rings. The topological polar surface area (TPSA) is 56.3 Å². The van der Waals surface area contributed by atoms with Gasteiger partial charge in [0.1, 0.15) is 0 Å². The zero-order chi connectivity index (χ0) is 18.1. The van der Waals surface area contributed by atoms with Gasteiger partial charge >= 0.3 is 159 Å². The van der Waals surface area contributed by atoms with Gasteiger partial charge in [0.05, 0.1) is 0 Å². The molecule has 1 aliphatic heterocycles. The van der Waals surface area contributed by atoms with Crippen LogP contribution in [0.4, 0.5) is 0 Å². The Hall–Kier alpha value is -2.14. The molecule has 0 amide bonds. The Morgan fingerprint density at radius 2 is 1.46 bits per heavy atom. The summed E-state index contributed by atoms with van der Waals surface area (Å²) in [7, 11) is 3.38. The minimum absolute atomic E-state index is 0.0616. The number of rotatable bonds is 4. The van der Waals surface area contributed by atoms with E-state index in [2.05, 4.69) is 45.7 Å². The van der Waals surface area contributed by atoms with Crippen LogP contribution < -0.4 is 14.8 Å². The average Bonchev–Trinajstić information content (AvgIpc) is 3.19. The molecule has 2 heterocycles. The molecule has 6 heteroatoms. The van der Waals surface area contributed by atoms with Gasteiger partial charge in [-0.05, 0) is 0 Å². The Balaban J connectivity index is 1.71. The molecule has 1 aliphatic rings. The number of aromatic nitrogens is 2. The summed E-state index contributed by atoms with van der Waals surface area (Å²) in [4.78, 5) is 0. The molecule has 134 valence electrons. The molecule has 0 radical (unpaired) electrons. The number of hydrogen-bond donors (Lipinski definition) is 1. The number of ether oxygens (including phenoxy) is 2. The molecule has 0 spiro atoms. The van der Waals surface area contributed by atoms with E-state index in [4.69, 9.17) is 9.47 Å². The summed E-state index contributed by atoms with van der Waals surface area (Å²) in [5.74, 6) is 2.01. The van der Waals surface area contributed by atoms with Crippen LogP contribution in [0.15, 0.2) is 48.5 Å². The van der Waals surface area contributed by atoms with Gasteiger partial charge in [0.25, 0.3) is 0 Å². The molecule has 0 bridgehead atoms. The first-order valence-corrected chi connectivity index (χ1v) is 10.2. The molecule has 3 aromatic rings. The molecule has 2 aromatic carbocycles. The number of fused-ring (bicyclic) bond motifs is 1. The predicted octanol–water partition coefficient (Wildman–Crippen LogP) is 3.09. The van der Waals surface area contributed by atoms with Crippen molar-refractivity contribution < 1.29 is 9.47 Å². The van der Waals surface area contributed by atoms with Gasteiger partial charge in [-0.15, -0.1) is 0 Å². The Labute approximate surface area is 159 Å². The van der Waals surface area contributed by atoms with Crippen LogP contribution in [0.25, 0.3) is 0 Å². The summed E-state index contributed by atoms with van der Waals surface area (Å²) in [5, 5.41) is 8.34. The van der Waals surface area contributed by atoms with Crippen LogP contribution >= 0.6 is 0 Å². The summed E-state index contributed by atoms with van der Waals surface area (Å²) in [6, 6.07) is 16.8. The quantitative estimate of drug-likeness (QED) is 0.665. The number of nitrogens with zero attached hydrogens (tertiary/aromatic N) is 2. The van der Waals surface area contributed by atoms with Crippen LogP contribution in [0.1, 0.15) is 46.2 Å². The standard InChI is InChI=1S/C20H21N3O2Se/c1-12-17(13-4-8-15(24-2)9-5-13)21-19(20-18(12)22-23-26-20)14-6-10-16(25-3)11-7-14/h4-12,17,19,21H,1-3H3. The zero-order valence-electron chi connectivity index (χ0n) is 15.0. The van der Waals surface area contributed by atoms with E-state index in [1.54, 1.807) is 14.2 Å². The molecular formula is C20H21N3O2Se. The number of nitrogens with one attached hydrogen (secondary N) is 1. The normalized spacial score (nSPS) is 21.9. The van der Waals surface area contributed by atoms with Crippen LogP contribution in [0.2, 0.25) is 0 Å². The van der Waals surface area contributed by atoms with Gasteiger partial charge in [-0.1, -0.05) is 0 Å². The van der Waals surface area contributed by atoms with E-state index in [1.165, 1.54) is 15.6 Å². The summed E-state index contributed by atoms with van der Waals surface area (Å²) in [6.07, 6.45) is 0. The van der Waals surface area contributed by atoms with Gasteiger partial charge in [-0.3, -0.25) is 0 Å². The van der Waals surface area contributed by atoms with Gasteiger partial charge in [-0.2, -0.15) is 0 Å². The van der Waals surface area contributed by atoms with Crippen molar-refractivity contribution in [1.82, 2.24) is 14.5 Å². The molecular weight excluding hydrogens is 393 g/mol. The monoisotopic (exact) mass is 415 g/mol. The van der Waals surface area contributed by atoms with Crippen LogP contribution in [-0.2, 0) is 0 Å². The molecule has 5 nitrogen and oxygen atoms in total. The fourth-order valence-electron chi connectivity index (χ4n) is 3.52. The van der Waals surface area contributed by atoms with Crippen molar-refractivity contribution in [2.24, 2.45) is 0 Å². The third-order valence-electron chi connectivity index (χ3n) is 5.00. The summed E-state index contributed by atoms with van der Waals surface area (Å²) in [5.41, 5.74) is 3.60. The molecule has 26 heavy (non-hydrogen) atoms. The number of benzene rings is 2. The Kier molecular flexibility index (Phi) is 4.81. The van der Waals surface area contributed by atoms with Gasteiger partial charge in [-0.25, -0.2) is 0 Å². The van der Waals surface area contributed by atoms with E-state index in [0.717, 1.165) is 17.2 Å². The maximum atomic E-state index is 5.30. The Morgan fingerprint density at radius 1 is 0.885 bits per heavy atom. The third kappa shape index (κ3) is 3.05. The van der Waals surface area contributed by atoms with Crippen LogP contribution in [0, 0.1) is 0 Å². The van der Waals surface area contributed by atoms with Gasteiger partial charge in [0, 0.05) is 0 Å². The van der Waals surface area contributed by atoms with E-state index in [9.17, 15) is 0 Å². The molecule has 0 saturated heterocycles. The van der Waals surface area contributed by atoms with Crippen molar-refractivity contribution in [3.63, 3.8) is 0 Å². The first-order chi connectivity index (χ1) is 12.7. The molecule has 3 unspecified atom stereocenters. The van der Waals surface area contributed by atoms with E-state index >= 15 is 0 Å². The average molecular weight is 414 g/mol. The molecule has 1 N–H and O–H groups in total. The van der Waals surface area contributed by atoms with Crippen molar-refractivity contribution in [3.05, 3.63) is 69.8 Å². The third-order valence-corrected chi connectivity index (χ3v) is 6.69.